The smallest absolute Gasteiger partial charge is 0.348 e. The summed E-state index contributed by atoms with van der Waals surface area (Å²) in [6, 6.07) is 19.1. The first-order valence-electron chi connectivity index (χ1n) is 11.8. The Labute approximate surface area is 223 Å². The molecule has 4 heterocycles. The molecule has 1 aliphatic heterocycles. The van der Waals surface area contributed by atoms with E-state index in [4.69, 9.17) is 23.6 Å². The van der Waals surface area contributed by atoms with Crippen LogP contribution in [0.25, 0.3) is 22.4 Å². The van der Waals surface area contributed by atoms with Crippen molar-refractivity contribution in [1.82, 2.24) is 4.98 Å². The van der Waals surface area contributed by atoms with Gasteiger partial charge in [-0.1, -0.05) is 12.1 Å². The number of nitrogens with zero attached hydrogens (tertiary/aromatic N) is 4. The summed E-state index contributed by atoms with van der Waals surface area (Å²) in [6.07, 6.45) is 1.44. The number of anilines is 1. The van der Waals surface area contributed by atoms with Gasteiger partial charge in [-0.15, -0.1) is 11.3 Å². The Balaban J connectivity index is 1.47. The number of aromatic nitrogens is 1. The maximum atomic E-state index is 12.0. The number of carbonyl (C=O) groups excluding carboxylic acids is 1. The van der Waals surface area contributed by atoms with Crippen LogP contribution in [0.5, 0.6) is 5.88 Å². The number of nitriles is 2. The molecule has 0 radical (unpaired) electrons. The van der Waals surface area contributed by atoms with E-state index < -0.39 is 5.97 Å². The van der Waals surface area contributed by atoms with E-state index in [0.29, 0.717) is 45.4 Å². The van der Waals surface area contributed by atoms with Gasteiger partial charge < -0.3 is 23.5 Å². The highest BCUT2D eigenvalue weighted by Crippen LogP contribution is 2.35. The van der Waals surface area contributed by atoms with Crippen LogP contribution in [0, 0.1) is 22.7 Å². The van der Waals surface area contributed by atoms with Gasteiger partial charge in [-0.3, -0.25) is 0 Å². The molecule has 10 heteroatoms. The number of rotatable bonds is 7. The van der Waals surface area contributed by atoms with Gasteiger partial charge in [0.15, 0.2) is 0 Å². The molecule has 0 spiro atoms. The van der Waals surface area contributed by atoms with E-state index in [2.05, 4.69) is 23.1 Å². The van der Waals surface area contributed by atoms with Crippen molar-refractivity contribution in [3.05, 3.63) is 75.9 Å². The number of benzene rings is 1. The highest BCUT2D eigenvalue weighted by Gasteiger charge is 2.20. The summed E-state index contributed by atoms with van der Waals surface area (Å²) in [5.41, 5.74) is 4.14. The third-order valence-electron chi connectivity index (χ3n) is 6.11. The molecule has 38 heavy (non-hydrogen) atoms. The van der Waals surface area contributed by atoms with Crippen molar-refractivity contribution in [1.29, 1.82) is 10.5 Å². The summed E-state index contributed by atoms with van der Waals surface area (Å²) in [6.45, 7) is 3.12. The number of pyridine rings is 1. The largest absolute Gasteiger partial charge is 0.471 e. The first kappa shape index (κ1) is 25.0. The van der Waals surface area contributed by atoms with Gasteiger partial charge in [0.1, 0.15) is 23.6 Å². The molecule has 1 saturated heterocycles. The van der Waals surface area contributed by atoms with Gasteiger partial charge in [-0.05, 0) is 36.4 Å². The fourth-order valence-corrected chi connectivity index (χ4v) is 5.10. The Bertz CT molecular complexity index is 1540. The van der Waals surface area contributed by atoms with Crippen molar-refractivity contribution < 1.29 is 23.4 Å². The highest BCUT2D eigenvalue weighted by atomic mass is 32.1. The molecule has 4 aromatic rings. The number of hydrogen-bond donors (Lipinski definition) is 0. The molecule has 3 aromatic heterocycles. The highest BCUT2D eigenvalue weighted by molar-refractivity contribution is 7.14. The van der Waals surface area contributed by atoms with Crippen LogP contribution in [-0.4, -0.2) is 44.4 Å². The Morgan fingerprint density at radius 3 is 2.58 bits per heavy atom. The molecule has 0 aliphatic carbocycles. The quantitative estimate of drug-likeness (QED) is 0.306. The summed E-state index contributed by atoms with van der Waals surface area (Å²) in [5, 5.41) is 19.0. The van der Waals surface area contributed by atoms with E-state index in [9.17, 15) is 15.3 Å². The average Bonchev–Trinajstić information content (AvgIpc) is 3.63. The summed E-state index contributed by atoms with van der Waals surface area (Å²) >= 11 is 1.13. The van der Waals surface area contributed by atoms with Crippen LogP contribution < -0.4 is 9.64 Å². The summed E-state index contributed by atoms with van der Waals surface area (Å²) in [7, 11) is 1.29. The number of thiophene rings is 1. The Hall–Kier alpha value is -4.64. The molecule has 5 rings (SSSR count). The lowest BCUT2D eigenvalue weighted by atomic mass is 10.1. The number of esters is 1. The predicted molar refractivity (Wildman–Crippen MR) is 140 cm³/mol. The van der Waals surface area contributed by atoms with Crippen molar-refractivity contribution in [3.63, 3.8) is 0 Å². The number of methoxy groups -OCH3 is 1. The second kappa shape index (κ2) is 11.2. The van der Waals surface area contributed by atoms with Gasteiger partial charge in [-0.25, -0.2) is 9.78 Å². The standard InChI is InChI=1S/C28H22N4O5S/c1-34-28(33)25-14-19(15-29)26(38-25)17-37-27-22(21-8-11-36-24(21)16-30)6-7-23(31-27)18-2-4-20(5-3-18)32-9-12-35-13-10-32/h2-8,11,14H,9-10,12-13,17H2,1H3. The fourth-order valence-electron chi connectivity index (χ4n) is 4.15. The van der Waals surface area contributed by atoms with E-state index in [-0.39, 0.29) is 18.2 Å². The third-order valence-corrected chi connectivity index (χ3v) is 7.20. The summed E-state index contributed by atoms with van der Waals surface area (Å²) in [5.74, 6) is -0.105. The first-order chi connectivity index (χ1) is 18.6. The summed E-state index contributed by atoms with van der Waals surface area (Å²) < 4.78 is 21.6. The van der Waals surface area contributed by atoms with Gasteiger partial charge in [0.2, 0.25) is 11.6 Å². The zero-order chi connectivity index (χ0) is 26.5. The van der Waals surface area contributed by atoms with Gasteiger partial charge >= 0.3 is 5.97 Å². The number of ether oxygens (including phenoxy) is 3. The Morgan fingerprint density at radius 1 is 1.08 bits per heavy atom. The van der Waals surface area contributed by atoms with E-state index >= 15 is 0 Å². The maximum absolute atomic E-state index is 12.0. The van der Waals surface area contributed by atoms with E-state index in [1.54, 1.807) is 6.07 Å². The van der Waals surface area contributed by atoms with Gasteiger partial charge in [0, 0.05) is 35.5 Å². The second-order valence-electron chi connectivity index (χ2n) is 8.31. The number of furan rings is 1. The van der Waals surface area contributed by atoms with Crippen LogP contribution >= 0.6 is 11.3 Å². The SMILES string of the molecule is COC(=O)c1cc(C#N)c(COc2nc(-c3ccc(N4CCOCC4)cc3)ccc2-c2ccoc2C#N)s1. The van der Waals surface area contributed by atoms with Crippen molar-refractivity contribution in [2.24, 2.45) is 0 Å². The number of hydrogen-bond acceptors (Lipinski definition) is 10. The van der Waals surface area contributed by atoms with Crippen LogP contribution in [0.4, 0.5) is 5.69 Å². The number of carbonyl (C=O) groups is 1. The maximum Gasteiger partial charge on any atom is 0.348 e. The van der Waals surface area contributed by atoms with Crippen molar-refractivity contribution >= 4 is 23.0 Å². The molecule has 190 valence electrons. The zero-order valence-electron chi connectivity index (χ0n) is 20.5. The predicted octanol–water partition coefficient (Wildman–Crippen LogP) is 5.02. The molecule has 0 N–H and O–H groups in total. The molecule has 9 nitrogen and oxygen atoms in total. The van der Waals surface area contributed by atoms with Gasteiger partial charge in [-0.2, -0.15) is 10.5 Å². The number of morpholine rings is 1. The topological polar surface area (TPSA) is 122 Å². The minimum Gasteiger partial charge on any atom is -0.471 e. The lowest BCUT2D eigenvalue weighted by molar-refractivity contribution is 0.0606. The third kappa shape index (κ3) is 5.09. The minimum absolute atomic E-state index is 0.00369. The fraction of sp³-hybridized carbons (Fsp3) is 0.214. The van der Waals surface area contributed by atoms with Crippen molar-refractivity contribution in [2.45, 2.75) is 6.61 Å². The van der Waals surface area contributed by atoms with Gasteiger partial charge in [0.25, 0.3) is 0 Å². The molecular weight excluding hydrogens is 504 g/mol. The lowest BCUT2D eigenvalue weighted by Crippen LogP contribution is -2.36. The molecule has 1 fully saturated rings. The van der Waals surface area contributed by atoms with Crippen molar-refractivity contribution in [3.8, 4) is 40.4 Å². The van der Waals surface area contributed by atoms with E-state index in [1.165, 1.54) is 19.4 Å². The van der Waals surface area contributed by atoms with Crippen LogP contribution in [0.1, 0.15) is 25.9 Å². The monoisotopic (exact) mass is 526 g/mol. The van der Waals surface area contributed by atoms with Crippen LogP contribution in [0.2, 0.25) is 0 Å². The molecule has 0 amide bonds. The molecule has 0 bridgehead atoms. The van der Waals surface area contributed by atoms with Crippen LogP contribution in [-0.2, 0) is 16.1 Å². The molecule has 0 unspecified atom stereocenters. The second-order valence-corrected chi connectivity index (χ2v) is 9.45. The lowest BCUT2D eigenvalue weighted by Gasteiger charge is -2.28. The molecular formula is C28H22N4O5S. The first-order valence-corrected chi connectivity index (χ1v) is 12.6. The van der Waals surface area contributed by atoms with Crippen LogP contribution in [0.15, 0.2) is 59.2 Å². The minimum atomic E-state index is -0.517. The van der Waals surface area contributed by atoms with E-state index in [0.717, 1.165) is 35.7 Å². The zero-order valence-corrected chi connectivity index (χ0v) is 21.3. The molecule has 1 aromatic carbocycles. The Kier molecular flexibility index (Phi) is 7.36. The summed E-state index contributed by atoms with van der Waals surface area (Å²) in [4.78, 5) is 19.9. The van der Waals surface area contributed by atoms with Gasteiger partial charge in [0.05, 0.1) is 42.7 Å². The van der Waals surface area contributed by atoms with E-state index in [1.807, 2.05) is 30.3 Å². The average molecular weight is 527 g/mol. The van der Waals surface area contributed by atoms with Crippen molar-refractivity contribution in [2.75, 3.05) is 38.3 Å². The molecule has 0 saturated carbocycles. The molecule has 0 atom stereocenters. The van der Waals surface area contributed by atoms with Crippen LogP contribution in [0.3, 0.4) is 0 Å². The molecule has 1 aliphatic rings. The normalized spacial score (nSPS) is 13.0. The Morgan fingerprint density at radius 2 is 1.87 bits per heavy atom.